The molecule has 262 valence electrons. The molecule has 10 nitrogen and oxygen atoms in total. The first kappa shape index (κ1) is 35.5. The van der Waals surface area contributed by atoms with Crippen molar-refractivity contribution >= 4 is 56.1 Å². The molecule has 2 N–H and O–H groups in total. The van der Waals surface area contributed by atoms with E-state index >= 15 is 0 Å². The molecular weight excluding hydrogens is 702 g/mol. The number of likely N-dealkylation sites (tertiary alicyclic amines) is 1. The number of halogens is 1. The molecule has 0 aromatic heterocycles. The fourth-order valence-corrected chi connectivity index (χ4v) is 8.72. The number of alkyl halides is 1. The van der Waals surface area contributed by atoms with Crippen molar-refractivity contribution in [2.75, 3.05) is 31.2 Å². The van der Waals surface area contributed by atoms with Gasteiger partial charge in [0.05, 0.1) is 24.0 Å². The maximum absolute atomic E-state index is 14.9. The monoisotopic (exact) mass is 743 g/mol. The zero-order valence-electron chi connectivity index (χ0n) is 27.8. The lowest BCUT2D eigenvalue weighted by Crippen LogP contribution is -2.57. The predicted molar refractivity (Wildman–Crippen MR) is 193 cm³/mol. The SMILES string of the molecule is C=CCCC(=O)OC[C@@H](NC(=O)[C@H]1[C@@H]2O[C@@]3(CC2Br)[C@@H]1C(=O)N(CCCO)[C@@H]3C(=O)N(CC=C)c1ccc2ccccc2c1)c1ccccc1. The Labute approximate surface area is 300 Å². The third-order valence-electron chi connectivity index (χ3n) is 9.99. The van der Waals surface area contributed by atoms with Gasteiger partial charge in [-0.25, -0.2) is 0 Å². The van der Waals surface area contributed by atoms with Gasteiger partial charge in [0.15, 0.2) is 0 Å². The number of esters is 1. The van der Waals surface area contributed by atoms with Crippen LogP contribution in [0, 0.1) is 11.8 Å². The van der Waals surface area contributed by atoms with Gasteiger partial charge in [-0.2, -0.15) is 0 Å². The van der Waals surface area contributed by atoms with Gasteiger partial charge >= 0.3 is 5.97 Å². The van der Waals surface area contributed by atoms with Gasteiger partial charge in [-0.3, -0.25) is 19.2 Å². The smallest absolute Gasteiger partial charge is 0.306 e. The largest absolute Gasteiger partial charge is 0.463 e. The number of rotatable bonds is 15. The molecule has 1 unspecified atom stereocenters. The second kappa shape index (κ2) is 15.3. The van der Waals surface area contributed by atoms with E-state index in [9.17, 15) is 24.3 Å². The maximum Gasteiger partial charge on any atom is 0.306 e. The fourth-order valence-electron chi connectivity index (χ4n) is 7.78. The lowest BCUT2D eigenvalue weighted by molar-refractivity contribution is -0.145. The summed E-state index contributed by atoms with van der Waals surface area (Å²) in [5.41, 5.74) is 0.0890. The molecule has 11 heteroatoms. The number of nitrogens with zero attached hydrogens (tertiary/aromatic N) is 2. The summed E-state index contributed by atoms with van der Waals surface area (Å²) in [5.74, 6) is -3.41. The molecule has 0 saturated carbocycles. The third-order valence-corrected chi connectivity index (χ3v) is 10.8. The first-order valence-corrected chi connectivity index (χ1v) is 17.9. The Balaban J connectivity index is 1.33. The van der Waals surface area contributed by atoms with Gasteiger partial charge in [0, 0.05) is 36.6 Å². The van der Waals surface area contributed by atoms with Crippen LogP contribution in [0.1, 0.15) is 37.3 Å². The van der Waals surface area contributed by atoms with Gasteiger partial charge in [0.1, 0.15) is 18.2 Å². The lowest BCUT2D eigenvalue weighted by atomic mass is 9.70. The molecule has 3 aliphatic heterocycles. The number of carbonyl (C=O) groups excluding carboxylic acids is 4. The van der Waals surface area contributed by atoms with Gasteiger partial charge in [-0.05, 0) is 47.7 Å². The molecule has 0 radical (unpaired) electrons. The minimum Gasteiger partial charge on any atom is -0.463 e. The van der Waals surface area contributed by atoms with E-state index in [4.69, 9.17) is 9.47 Å². The molecule has 3 aromatic rings. The summed E-state index contributed by atoms with van der Waals surface area (Å²) < 4.78 is 12.3. The molecule has 6 rings (SSSR count). The Morgan fingerprint density at radius 1 is 1.08 bits per heavy atom. The van der Waals surface area contributed by atoms with E-state index in [1.807, 2.05) is 72.8 Å². The van der Waals surface area contributed by atoms with Gasteiger partial charge in [-0.15, -0.1) is 13.2 Å². The third kappa shape index (κ3) is 6.61. The van der Waals surface area contributed by atoms with E-state index in [0.29, 0.717) is 18.5 Å². The second-order valence-electron chi connectivity index (χ2n) is 13.0. The van der Waals surface area contributed by atoms with E-state index in [2.05, 4.69) is 34.4 Å². The van der Waals surface area contributed by atoms with E-state index in [1.54, 1.807) is 17.1 Å². The number of amides is 3. The number of nitrogens with one attached hydrogen (secondary N) is 1. The zero-order valence-corrected chi connectivity index (χ0v) is 29.4. The summed E-state index contributed by atoms with van der Waals surface area (Å²) in [6.07, 6.45) is 3.83. The van der Waals surface area contributed by atoms with Crippen molar-refractivity contribution in [3.05, 3.63) is 104 Å². The Morgan fingerprint density at radius 2 is 1.82 bits per heavy atom. The lowest BCUT2D eigenvalue weighted by Gasteiger charge is -2.37. The first-order valence-electron chi connectivity index (χ1n) is 17.0. The summed E-state index contributed by atoms with van der Waals surface area (Å²) in [6.45, 7) is 7.57. The predicted octanol–water partition coefficient (Wildman–Crippen LogP) is 4.86. The normalized spacial score (nSPS) is 25.6. The summed E-state index contributed by atoms with van der Waals surface area (Å²) >= 11 is 3.74. The van der Waals surface area contributed by atoms with Crippen molar-refractivity contribution in [2.45, 2.75) is 54.3 Å². The molecule has 3 heterocycles. The van der Waals surface area contributed by atoms with Crippen LogP contribution in [0.2, 0.25) is 0 Å². The Morgan fingerprint density at radius 3 is 2.54 bits per heavy atom. The highest BCUT2D eigenvalue weighted by molar-refractivity contribution is 9.09. The Bertz CT molecular complexity index is 1770. The summed E-state index contributed by atoms with van der Waals surface area (Å²) in [4.78, 5) is 58.9. The van der Waals surface area contributed by atoms with Crippen molar-refractivity contribution in [1.29, 1.82) is 0 Å². The highest BCUT2D eigenvalue weighted by Crippen LogP contribution is 2.60. The van der Waals surface area contributed by atoms with Gasteiger partial charge in [0.25, 0.3) is 5.91 Å². The number of ether oxygens (including phenoxy) is 2. The first-order chi connectivity index (χ1) is 24.2. The van der Waals surface area contributed by atoms with Crippen LogP contribution in [0.25, 0.3) is 10.8 Å². The van der Waals surface area contributed by atoms with Crippen molar-refractivity contribution in [3.63, 3.8) is 0 Å². The molecule has 50 heavy (non-hydrogen) atoms. The van der Waals surface area contributed by atoms with Gasteiger partial charge in [0.2, 0.25) is 11.8 Å². The maximum atomic E-state index is 14.9. The average Bonchev–Trinajstić information content (AvgIpc) is 3.73. The fraction of sp³-hybridized carbons (Fsp3) is 0.385. The molecule has 1 spiro atoms. The molecule has 3 aliphatic rings. The van der Waals surface area contributed by atoms with E-state index < -0.39 is 47.5 Å². The molecule has 0 aliphatic carbocycles. The minimum absolute atomic E-state index is 0.0997. The Hall–Kier alpha value is -4.32. The Kier molecular flexibility index (Phi) is 10.9. The van der Waals surface area contributed by atoms with Gasteiger partial charge in [-0.1, -0.05) is 88.7 Å². The van der Waals surface area contributed by atoms with E-state index in [-0.39, 0.29) is 55.8 Å². The van der Waals surface area contributed by atoms with E-state index in [0.717, 1.165) is 16.3 Å². The molecule has 2 bridgehead atoms. The topological polar surface area (TPSA) is 125 Å². The van der Waals surface area contributed by atoms with Crippen molar-refractivity contribution in [2.24, 2.45) is 11.8 Å². The standard InChI is InChI=1S/C39H42BrN3O7/c1-3-5-16-31(45)49-24-30(26-13-7-6-8-14-26)41-36(46)32-33-37(47)43(20-11-21-44)35(39(33)23-29(40)34(32)50-39)38(48)42(19-4-2)28-18-17-25-12-9-10-15-27(25)22-28/h3-4,6-10,12-15,17-18,22,29-30,32-35,44H,1-2,5,11,16,19-21,23-24H2,(H,41,46)/t29?,30-,32-,33+,34-,35-,39+/m1/s1. The van der Waals surface area contributed by atoms with E-state index in [1.165, 1.54) is 4.90 Å². The van der Waals surface area contributed by atoms with Crippen LogP contribution in [0.15, 0.2) is 98.1 Å². The van der Waals surface area contributed by atoms with Crippen LogP contribution >= 0.6 is 15.9 Å². The molecule has 3 saturated heterocycles. The number of fused-ring (bicyclic) bond motifs is 2. The number of anilines is 1. The average molecular weight is 745 g/mol. The number of carbonyl (C=O) groups is 4. The van der Waals surface area contributed by atoms with Crippen molar-refractivity contribution < 1.29 is 33.8 Å². The highest BCUT2D eigenvalue weighted by Gasteiger charge is 2.76. The van der Waals surface area contributed by atoms with Crippen LogP contribution in [-0.4, -0.2) is 82.6 Å². The zero-order chi connectivity index (χ0) is 35.4. The number of hydrogen-bond acceptors (Lipinski definition) is 7. The number of hydrogen-bond donors (Lipinski definition) is 2. The van der Waals surface area contributed by atoms with Crippen LogP contribution in [0.4, 0.5) is 5.69 Å². The molecule has 3 amide bonds. The number of aliphatic hydroxyl groups excluding tert-OH is 1. The molecule has 7 atom stereocenters. The number of aliphatic hydroxyl groups is 1. The van der Waals surface area contributed by atoms with Crippen LogP contribution in [-0.2, 0) is 28.7 Å². The van der Waals surface area contributed by atoms with Crippen molar-refractivity contribution in [3.8, 4) is 0 Å². The summed E-state index contributed by atoms with van der Waals surface area (Å²) in [6, 6.07) is 21.1. The quantitative estimate of drug-likeness (QED) is 0.130. The molecule has 3 fully saturated rings. The van der Waals surface area contributed by atoms with Gasteiger partial charge < -0.3 is 29.7 Å². The van der Waals surface area contributed by atoms with Crippen LogP contribution in [0.3, 0.4) is 0 Å². The molecular formula is C39H42BrN3O7. The van der Waals surface area contributed by atoms with Crippen LogP contribution in [0.5, 0.6) is 0 Å². The molecule has 3 aromatic carbocycles. The highest BCUT2D eigenvalue weighted by atomic mass is 79.9. The second-order valence-corrected chi connectivity index (χ2v) is 14.2. The number of benzene rings is 3. The van der Waals surface area contributed by atoms with Crippen molar-refractivity contribution in [1.82, 2.24) is 10.2 Å². The van der Waals surface area contributed by atoms with Crippen LogP contribution < -0.4 is 10.2 Å². The number of allylic oxidation sites excluding steroid dienone is 1. The summed E-state index contributed by atoms with van der Waals surface area (Å²) in [7, 11) is 0. The summed E-state index contributed by atoms with van der Waals surface area (Å²) in [5, 5.41) is 14.8. The minimum atomic E-state index is -1.29.